The second-order valence-corrected chi connectivity index (χ2v) is 7.08. The molecule has 1 amide bonds. The summed E-state index contributed by atoms with van der Waals surface area (Å²) in [6, 6.07) is 6.88. The van der Waals surface area contributed by atoms with E-state index in [2.05, 4.69) is 10.4 Å². The second kappa shape index (κ2) is 10.4. The van der Waals surface area contributed by atoms with E-state index in [1.807, 2.05) is 6.07 Å². The van der Waals surface area contributed by atoms with Gasteiger partial charge in [-0.05, 0) is 29.8 Å². The number of halogens is 3. The minimum atomic E-state index is -1.68. The van der Waals surface area contributed by atoms with Crippen molar-refractivity contribution in [2.24, 2.45) is 0 Å². The van der Waals surface area contributed by atoms with Crippen molar-refractivity contribution in [3.05, 3.63) is 64.6 Å². The number of methoxy groups -OCH3 is 1. The van der Waals surface area contributed by atoms with Crippen molar-refractivity contribution in [2.75, 3.05) is 25.6 Å². The Morgan fingerprint density at radius 1 is 1.37 bits per heavy atom. The maximum atomic E-state index is 13.9. The minimum absolute atomic E-state index is 0.0347. The molecule has 160 valence electrons. The molecular formula is C21H22ClF2N3O3. The Bertz CT molecular complexity index is 959. The van der Waals surface area contributed by atoms with Gasteiger partial charge >= 0.3 is 0 Å². The molecule has 1 aliphatic carbocycles. The van der Waals surface area contributed by atoms with E-state index in [-0.39, 0.29) is 12.2 Å². The lowest BCUT2D eigenvalue weighted by Crippen LogP contribution is -2.24. The second-order valence-electron chi connectivity index (χ2n) is 6.67. The number of hydrogen-bond acceptors (Lipinski definition) is 4. The van der Waals surface area contributed by atoms with Gasteiger partial charge in [0.2, 0.25) is 0 Å². The molecular weight excluding hydrogens is 416 g/mol. The third-order valence-corrected chi connectivity index (χ3v) is 4.78. The molecule has 0 spiro atoms. The number of allylic oxidation sites excluding steroid dienone is 3. The number of carbonyl (C=O) groups is 1. The maximum Gasteiger partial charge on any atom is 0.258 e. The van der Waals surface area contributed by atoms with Crippen LogP contribution in [0.15, 0.2) is 54.0 Å². The number of amides is 1. The monoisotopic (exact) mass is 437 g/mol. The molecule has 1 N–H and O–H groups in total. The van der Waals surface area contributed by atoms with E-state index in [0.29, 0.717) is 30.5 Å². The van der Waals surface area contributed by atoms with E-state index in [1.54, 1.807) is 36.2 Å². The van der Waals surface area contributed by atoms with Gasteiger partial charge in [-0.25, -0.2) is 8.78 Å². The highest BCUT2D eigenvalue weighted by Gasteiger charge is 2.26. The summed E-state index contributed by atoms with van der Waals surface area (Å²) >= 11 is 6.27. The largest absolute Gasteiger partial charge is 0.493 e. The summed E-state index contributed by atoms with van der Waals surface area (Å²) in [5, 5.41) is 7.21. The molecule has 3 rings (SSSR count). The number of nitrogens with zero attached hydrogens (tertiary/aromatic N) is 2. The van der Waals surface area contributed by atoms with E-state index < -0.39 is 23.5 Å². The summed E-state index contributed by atoms with van der Waals surface area (Å²) in [6.45, 7) is 1.46. The summed E-state index contributed by atoms with van der Waals surface area (Å²) in [4.78, 5) is 12.2. The van der Waals surface area contributed by atoms with E-state index >= 15 is 0 Å². The molecule has 0 saturated carbocycles. The molecule has 2 aromatic rings. The molecule has 9 heteroatoms. The van der Waals surface area contributed by atoms with Crippen molar-refractivity contribution in [3.8, 4) is 5.75 Å². The molecule has 0 aliphatic heterocycles. The summed E-state index contributed by atoms with van der Waals surface area (Å²) in [6.07, 6.45) is 3.13. The molecule has 1 atom stereocenters. The highest BCUT2D eigenvalue weighted by molar-refractivity contribution is 6.31. The topological polar surface area (TPSA) is 65.4 Å². The SMILES string of the molecule is COCCCOc1ccc(Cl)c(Cn2ccc(NC(=O)C3=C(F)C=CCC3F)n2)c1. The van der Waals surface area contributed by atoms with Gasteiger partial charge in [0.05, 0.1) is 18.7 Å². The molecule has 0 saturated heterocycles. The van der Waals surface area contributed by atoms with Crippen LogP contribution in [0, 0.1) is 0 Å². The molecule has 0 radical (unpaired) electrons. The van der Waals surface area contributed by atoms with Crippen molar-refractivity contribution in [2.45, 2.75) is 25.6 Å². The van der Waals surface area contributed by atoms with Gasteiger partial charge in [-0.1, -0.05) is 17.7 Å². The average molecular weight is 438 g/mol. The van der Waals surface area contributed by atoms with Crippen LogP contribution in [0.1, 0.15) is 18.4 Å². The molecule has 0 fully saturated rings. The normalized spacial score (nSPS) is 16.1. The van der Waals surface area contributed by atoms with Crippen molar-refractivity contribution < 1.29 is 23.0 Å². The van der Waals surface area contributed by atoms with E-state index in [0.717, 1.165) is 18.1 Å². The van der Waals surface area contributed by atoms with E-state index in [1.165, 1.54) is 6.08 Å². The standard InChI is InChI=1S/C21H22ClF2N3O3/c1-29-10-3-11-30-15-6-7-16(22)14(12-15)13-27-9-8-19(26-27)25-21(28)20-17(23)4-2-5-18(20)24/h2,4,6-9,12,18H,3,5,10-11,13H2,1H3,(H,25,26,28). The number of alkyl halides is 1. The zero-order valence-electron chi connectivity index (χ0n) is 16.4. The third kappa shape index (κ3) is 5.67. The van der Waals surface area contributed by atoms with Crippen LogP contribution < -0.4 is 10.1 Å². The lowest BCUT2D eigenvalue weighted by atomic mass is 10.0. The van der Waals surface area contributed by atoms with E-state index in [4.69, 9.17) is 21.1 Å². The lowest BCUT2D eigenvalue weighted by Gasteiger charge is -2.14. The number of benzene rings is 1. The van der Waals surface area contributed by atoms with Crippen LogP contribution in [0.2, 0.25) is 5.02 Å². The number of anilines is 1. The Kier molecular flexibility index (Phi) is 7.59. The zero-order chi connectivity index (χ0) is 21.5. The Hall–Kier alpha value is -2.71. The first-order chi connectivity index (χ1) is 14.5. The first-order valence-electron chi connectivity index (χ1n) is 9.43. The van der Waals surface area contributed by atoms with Crippen LogP contribution in [0.4, 0.5) is 14.6 Å². The summed E-state index contributed by atoms with van der Waals surface area (Å²) in [7, 11) is 1.64. The van der Waals surface area contributed by atoms with Gasteiger partial charge in [-0.2, -0.15) is 5.10 Å². The molecule has 1 heterocycles. The lowest BCUT2D eigenvalue weighted by molar-refractivity contribution is -0.113. The fraction of sp³-hybridized carbons (Fsp3) is 0.333. The number of hydrogen-bond donors (Lipinski definition) is 1. The first-order valence-corrected chi connectivity index (χ1v) is 9.81. The van der Waals surface area contributed by atoms with Crippen LogP contribution in [-0.2, 0) is 16.1 Å². The van der Waals surface area contributed by atoms with Crippen molar-refractivity contribution >= 4 is 23.3 Å². The molecule has 30 heavy (non-hydrogen) atoms. The number of aromatic nitrogens is 2. The Morgan fingerprint density at radius 3 is 2.97 bits per heavy atom. The Morgan fingerprint density at radius 2 is 2.20 bits per heavy atom. The number of rotatable bonds is 9. The Balaban J connectivity index is 1.64. The molecule has 1 aromatic carbocycles. The summed E-state index contributed by atoms with van der Waals surface area (Å²) in [5.74, 6) is -0.864. The highest BCUT2D eigenvalue weighted by atomic mass is 35.5. The molecule has 1 aliphatic rings. The Labute approximate surface area is 178 Å². The number of carbonyl (C=O) groups excluding carboxylic acids is 1. The highest BCUT2D eigenvalue weighted by Crippen LogP contribution is 2.25. The van der Waals surface area contributed by atoms with Gasteiger partial charge in [0.15, 0.2) is 5.82 Å². The van der Waals surface area contributed by atoms with Gasteiger partial charge < -0.3 is 14.8 Å². The van der Waals surface area contributed by atoms with Crippen molar-refractivity contribution in [3.63, 3.8) is 0 Å². The maximum absolute atomic E-state index is 13.9. The summed E-state index contributed by atoms with van der Waals surface area (Å²) < 4.78 is 39.9. The zero-order valence-corrected chi connectivity index (χ0v) is 17.2. The van der Waals surface area contributed by atoms with Gasteiger partial charge in [0, 0.05) is 43.8 Å². The van der Waals surface area contributed by atoms with Gasteiger partial charge in [0.25, 0.3) is 5.91 Å². The van der Waals surface area contributed by atoms with Crippen molar-refractivity contribution in [1.82, 2.24) is 9.78 Å². The number of ether oxygens (including phenoxy) is 2. The van der Waals surface area contributed by atoms with Crippen molar-refractivity contribution in [1.29, 1.82) is 0 Å². The van der Waals surface area contributed by atoms with Gasteiger partial charge in [0.1, 0.15) is 17.7 Å². The molecule has 0 bridgehead atoms. The van der Waals surface area contributed by atoms with Crippen LogP contribution in [0.5, 0.6) is 5.75 Å². The van der Waals surface area contributed by atoms with Crippen LogP contribution >= 0.6 is 11.6 Å². The smallest absolute Gasteiger partial charge is 0.258 e. The van der Waals surface area contributed by atoms with Crippen LogP contribution in [0.25, 0.3) is 0 Å². The van der Waals surface area contributed by atoms with Gasteiger partial charge in [-0.15, -0.1) is 0 Å². The number of nitrogens with one attached hydrogen (secondary N) is 1. The fourth-order valence-electron chi connectivity index (χ4n) is 2.93. The average Bonchev–Trinajstić information content (AvgIpc) is 3.14. The molecule has 6 nitrogen and oxygen atoms in total. The molecule has 1 unspecified atom stereocenters. The van der Waals surface area contributed by atoms with E-state index in [9.17, 15) is 13.6 Å². The van der Waals surface area contributed by atoms with Crippen LogP contribution in [0.3, 0.4) is 0 Å². The molecule has 1 aromatic heterocycles. The fourth-order valence-corrected chi connectivity index (χ4v) is 3.11. The van der Waals surface area contributed by atoms with Gasteiger partial charge in [-0.3, -0.25) is 9.48 Å². The van der Waals surface area contributed by atoms with Crippen LogP contribution in [-0.4, -0.2) is 42.2 Å². The summed E-state index contributed by atoms with van der Waals surface area (Å²) in [5.41, 5.74) is 0.255. The quantitative estimate of drug-likeness (QED) is 0.588. The predicted molar refractivity (Wildman–Crippen MR) is 110 cm³/mol. The third-order valence-electron chi connectivity index (χ3n) is 4.42. The minimum Gasteiger partial charge on any atom is -0.493 e. The predicted octanol–water partition coefficient (Wildman–Crippen LogP) is 4.46. The first kappa shape index (κ1) is 22.0.